The lowest BCUT2D eigenvalue weighted by Gasteiger charge is -2.24. The van der Waals surface area contributed by atoms with Crippen molar-refractivity contribution in [2.75, 3.05) is 13.7 Å². The molecule has 1 saturated carbocycles. The highest BCUT2D eigenvalue weighted by atomic mass is 16.6. The zero-order valence-corrected chi connectivity index (χ0v) is 17.2. The molecule has 0 bridgehead atoms. The lowest BCUT2D eigenvalue weighted by Crippen LogP contribution is -2.46. The van der Waals surface area contributed by atoms with Crippen LogP contribution in [0.3, 0.4) is 0 Å². The summed E-state index contributed by atoms with van der Waals surface area (Å²) >= 11 is 0. The minimum absolute atomic E-state index is 0.0303. The Bertz CT molecular complexity index is 608. The van der Waals surface area contributed by atoms with E-state index in [2.05, 4.69) is 10.6 Å². The summed E-state index contributed by atoms with van der Waals surface area (Å²) < 4.78 is 10.2. The minimum atomic E-state index is -0.910. The van der Waals surface area contributed by atoms with Gasteiger partial charge in [-0.1, -0.05) is 12.8 Å². The Labute approximate surface area is 166 Å². The van der Waals surface area contributed by atoms with Crippen molar-refractivity contribution in [1.82, 2.24) is 10.6 Å². The molecule has 158 valence electrons. The summed E-state index contributed by atoms with van der Waals surface area (Å²) in [6.07, 6.45) is 3.44. The normalized spacial score (nSPS) is 21.4. The zero-order valence-electron chi connectivity index (χ0n) is 17.2. The minimum Gasteiger partial charge on any atom is -0.467 e. The van der Waals surface area contributed by atoms with Crippen LogP contribution < -0.4 is 10.6 Å². The van der Waals surface area contributed by atoms with Crippen molar-refractivity contribution in [3.05, 3.63) is 0 Å². The highest BCUT2D eigenvalue weighted by molar-refractivity contribution is 5.89. The highest BCUT2D eigenvalue weighted by Gasteiger charge is 2.36. The third-order valence-electron chi connectivity index (χ3n) is 5.00. The molecule has 0 unspecified atom stereocenters. The van der Waals surface area contributed by atoms with E-state index in [1.807, 2.05) is 0 Å². The molecule has 2 rings (SSSR count). The number of carbonyl (C=O) groups is 4. The van der Waals surface area contributed by atoms with Crippen LogP contribution in [0.25, 0.3) is 0 Å². The Morgan fingerprint density at radius 2 is 1.86 bits per heavy atom. The number of nitrogens with one attached hydrogen (secondary N) is 2. The van der Waals surface area contributed by atoms with Gasteiger partial charge in [-0.25, -0.2) is 4.79 Å². The summed E-state index contributed by atoms with van der Waals surface area (Å²) in [6.45, 7) is 5.90. The Morgan fingerprint density at radius 3 is 2.36 bits per heavy atom. The molecule has 1 aliphatic carbocycles. The van der Waals surface area contributed by atoms with E-state index in [-0.39, 0.29) is 30.6 Å². The molecule has 8 nitrogen and oxygen atoms in total. The van der Waals surface area contributed by atoms with Crippen molar-refractivity contribution < 1.29 is 28.7 Å². The van der Waals surface area contributed by atoms with E-state index in [9.17, 15) is 19.2 Å². The smallest absolute Gasteiger partial charge is 0.328 e. The number of methoxy groups -OCH3 is 1. The highest BCUT2D eigenvalue weighted by Crippen LogP contribution is 2.36. The van der Waals surface area contributed by atoms with Crippen LogP contribution in [0, 0.1) is 17.8 Å². The zero-order chi connectivity index (χ0) is 20.9. The number of hydrogen-bond acceptors (Lipinski definition) is 6. The second kappa shape index (κ2) is 9.39. The van der Waals surface area contributed by atoms with Crippen LogP contribution in [0.5, 0.6) is 0 Å². The Hall–Kier alpha value is -2.12. The van der Waals surface area contributed by atoms with Crippen molar-refractivity contribution in [1.29, 1.82) is 0 Å². The fourth-order valence-electron chi connectivity index (χ4n) is 3.42. The molecule has 0 aromatic heterocycles. The van der Waals surface area contributed by atoms with E-state index in [0.29, 0.717) is 25.3 Å². The lowest BCUT2D eigenvalue weighted by molar-refractivity contribution is -0.157. The first kappa shape index (κ1) is 22.2. The molecular formula is C20H32N2O6. The topological polar surface area (TPSA) is 111 Å². The SMILES string of the molecule is COC(=O)[C@H](C[C@@H]1CCNC1=O)NC(=O)[C@@H](CC(=O)OC(C)(C)C)CC1CC1. The van der Waals surface area contributed by atoms with Crippen molar-refractivity contribution >= 4 is 23.8 Å². The van der Waals surface area contributed by atoms with Crippen LogP contribution in [0.2, 0.25) is 0 Å². The quantitative estimate of drug-likeness (QED) is 0.569. The van der Waals surface area contributed by atoms with E-state index in [4.69, 9.17) is 9.47 Å². The Morgan fingerprint density at radius 1 is 1.18 bits per heavy atom. The van der Waals surface area contributed by atoms with E-state index < -0.39 is 29.5 Å². The van der Waals surface area contributed by atoms with Crippen LogP contribution in [0.15, 0.2) is 0 Å². The van der Waals surface area contributed by atoms with Crippen molar-refractivity contribution in [2.24, 2.45) is 17.8 Å². The summed E-state index contributed by atoms with van der Waals surface area (Å²) in [6, 6.07) is -0.910. The van der Waals surface area contributed by atoms with Gasteiger partial charge in [0.25, 0.3) is 0 Å². The molecule has 0 aromatic rings. The molecule has 8 heteroatoms. The van der Waals surface area contributed by atoms with Gasteiger partial charge in [0.15, 0.2) is 0 Å². The summed E-state index contributed by atoms with van der Waals surface area (Å²) in [5.41, 5.74) is -0.623. The molecule has 2 aliphatic rings. The maximum atomic E-state index is 12.9. The van der Waals surface area contributed by atoms with Crippen LogP contribution in [0.4, 0.5) is 0 Å². The average Bonchev–Trinajstić information content (AvgIpc) is 3.32. The Kier molecular flexibility index (Phi) is 7.43. The molecule has 0 spiro atoms. The first-order valence-corrected chi connectivity index (χ1v) is 9.96. The monoisotopic (exact) mass is 396 g/mol. The van der Waals surface area contributed by atoms with E-state index >= 15 is 0 Å². The second-order valence-corrected chi connectivity index (χ2v) is 8.76. The fraction of sp³-hybridized carbons (Fsp3) is 0.800. The number of rotatable bonds is 9. The van der Waals surface area contributed by atoms with Gasteiger partial charge < -0.3 is 20.1 Å². The predicted octanol–water partition coefficient (Wildman–Crippen LogP) is 1.32. The average molecular weight is 396 g/mol. The Balaban J connectivity index is 2.01. The van der Waals surface area contributed by atoms with Gasteiger partial charge in [-0.3, -0.25) is 14.4 Å². The summed E-state index contributed by atoms with van der Waals surface area (Å²) in [4.78, 5) is 49.1. The van der Waals surface area contributed by atoms with Crippen molar-refractivity contribution in [2.45, 2.75) is 70.9 Å². The van der Waals surface area contributed by atoms with Crippen LogP contribution in [-0.4, -0.2) is 49.1 Å². The third kappa shape index (κ3) is 7.13. The maximum absolute atomic E-state index is 12.9. The van der Waals surface area contributed by atoms with Gasteiger partial charge in [0, 0.05) is 18.4 Å². The van der Waals surface area contributed by atoms with Gasteiger partial charge in [-0.15, -0.1) is 0 Å². The van der Waals surface area contributed by atoms with Crippen LogP contribution >= 0.6 is 0 Å². The number of ether oxygens (including phenoxy) is 2. The van der Waals surface area contributed by atoms with E-state index in [0.717, 1.165) is 12.8 Å². The molecule has 2 N–H and O–H groups in total. The molecule has 0 radical (unpaired) electrons. The van der Waals surface area contributed by atoms with Gasteiger partial charge in [0.1, 0.15) is 11.6 Å². The summed E-state index contributed by atoms with van der Waals surface area (Å²) in [7, 11) is 1.25. The first-order chi connectivity index (χ1) is 13.1. The van der Waals surface area contributed by atoms with Crippen LogP contribution in [-0.2, 0) is 28.7 Å². The molecule has 1 aliphatic heterocycles. The number of hydrogen-bond donors (Lipinski definition) is 2. The largest absolute Gasteiger partial charge is 0.467 e. The van der Waals surface area contributed by atoms with E-state index in [1.165, 1.54) is 7.11 Å². The van der Waals surface area contributed by atoms with Gasteiger partial charge in [0.05, 0.1) is 13.5 Å². The van der Waals surface area contributed by atoms with Gasteiger partial charge in [-0.05, 0) is 46.0 Å². The van der Waals surface area contributed by atoms with Gasteiger partial charge >= 0.3 is 11.9 Å². The van der Waals surface area contributed by atoms with Crippen molar-refractivity contribution in [3.63, 3.8) is 0 Å². The molecule has 3 atom stereocenters. The molecule has 1 saturated heterocycles. The number of carbonyl (C=O) groups excluding carboxylic acids is 4. The standard InChI is InChI=1S/C20H32N2O6/c1-20(2,3)28-16(23)11-14(9-12-5-6-12)18(25)22-15(19(26)27-4)10-13-7-8-21-17(13)24/h12-15H,5-11H2,1-4H3,(H,21,24)(H,22,25)/t13-,14+,15-/m0/s1. The van der Waals surface area contributed by atoms with Gasteiger partial charge in [-0.2, -0.15) is 0 Å². The maximum Gasteiger partial charge on any atom is 0.328 e. The van der Waals surface area contributed by atoms with Gasteiger partial charge in [0.2, 0.25) is 11.8 Å². The molecule has 0 aromatic carbocycles. The first-order valence-electron chi connectivity index (χ1n) is 9.96. The molecule has 2 amide bonds. The summed E-state index contributed by atoms with van der Waals surface area (Å²) in [5.74, 6) is -1.98. The second-order valence-electron chi connectivity index (χ2n) is 8.76. The lowest BCUT2D eigenvalue weighted by atomic mass is 9.94. The fourth-order valence-corrected chi connectivity index (χ4v) is 3.42. The summed E-state index contributed by atoms with van der Waals surface area (Å²) in [5, 5.41) is 5.44. The predicted molar refractivity (Wildman–Crippen MR) is 101 cm³/mol. The number of esters is 2. The third-order valence-corrected chi connectivity index (χ3v) is 5.00. The van der Waals surface area contributed by atoms with E-state index in [1.54, 1.807) is 20.8 Å². The molecule has 2 fully saturated rings. The molecular weight excluding hydrogens is 364 g/mol. The number of amides is 2. The molecule has 1 heterocycles. The molecule has 28 heavy (non-hydrogen) atoms. The van der Waals surface area contributed by atoms with Crippen molar-refractivity contribution in [3.8, 4) is 0 Å². The van der Waals surface area contributed by atoms with Crippen LogP contribution in [0.1, 0.15) is 59.3 Å².